The smallest absolute Gasteiger partial charge is 0.162 e. The number of hydrogen-bond donors (Lipinski definition) is 1. The molecule has 27 heavy (non-hydrogen) atoms. The third-order valence-electron chi connectivity index (χ3n) is 4.06. The van der Waals surface area contributed by atoms with Crippen molar-refractivity contribution in [2.75, 3.05) is 19.0 Å². The van der Waals surface area contributed by atoms with E-state index in [0.29, 0.717) is 41.8 Å². The minimum atomic E-state index is 0.430. The normalized spacial score (nSPS) is 10.4. The van der Waals surface area contributed by atoms with Crippen molar-refractivity contribution in [3.63, 3.8) is 0 Å². The van der Waals surface area contributed by atoms with Crippen LogP contribution in [0.15, 0.2) is 36.7 Å². The number of nitrogens with zero attached hydrogens (tertiary/aromatic N) is 3. The van der Waals surface area contributed by atoms with E-state index in [1.165, 1.54) is 6.33 Å². The van der Waals surface area contributed by atoms with Gasteiger partial charge in [-0.1, -0.05) is 17.7 Å². The standard InChI is InChI=1S/C20H19ClN4O2/c1-13-5-6-14(21)9-16(13)25-20-15-10-19(27-8-4-3-7-22)18(26-2)11-17(15)23-12-24-20/h5-6,9-12H,3-4,8H2,1-2H3,(H,23,24,25). The van der Waals surface area contributed by atoms with Crippen LogP contribution in [-0.4, -0.2) is 23.7 Å². The summed E-state index contributed by atoms with van der Waals surface area (Å²) in [5, 5.41) is 13.4. The van der Waals surface area contributed by atoms with Gasteiger partial charge in [-0.2, -0.15) is 5.26 Å². The molecular formula is C20H19ClN4O2. The number of nitriles is 1. The Morgan fingerprint density at radius 3 is 2.81 bits per heavy atom. The number of fused-ring (bicyclic) bond motifs is 1. The largest absolute Gasteiger partial charge is 0.493 e. The number of methoxy groups -OCH3 is 1. The second-order valence-electron chi connectivity index (χ2n) is 5.94. The lowest BCUT2D eigenvalue weighted by molar-refractivity contribution is 0.291. The molecule has 0 amide bonds. The maximum Gasteiger partial charge on any atom is 0.162 e. The molecule has 0 unspecified atom stereocenters. The lowest BCUT2D eigenvalue weighted by atomic mass is 10.1. The number of ether oxygens (including phenoxy) is 2. The monoisotopic (exact) mass is 382 g/mol. The van der Waals surface area contributed by atoms with Gasteiger partial charge in [0.25, 0.3) is 0 Å². The van der Waals surface area contributed by atoms with E-state index in [1.54, 1.807) is 7.11 Å². The van der Waals surface area contributed by atoms with Gasteiger partial charge in [0.1, 0.15) is 12.1 Å². The number of anilines is 2. The third kappa shape index (κ3) is 4.39. The third-order valence-corrected chi connectivity index (χ3v) is 4.30. The number of benzene rings is 2. The molecule has 138 valence electrons. The molecular weight excluding hydrogens is 364 g/mol. The van der Waals surface area contributed by atoms with Crippen LogP contribution in [0.3, 0.4) is 0 Å². The second kappa shape index (κ2) is 8.56. The van der Waals surface area contributed by atoms with Crippen LogP contribution in [0.25, 0.3) is 10.9 Å². The molecule has 1 aromatic heterocycles. The van der Waals surface area contributed by atoms with Crippen LogP contribution in [0.1, 0.15) is 18.4 Å². The fraction of sp³-hybridized carbons (Fsp3) is 0.250. The maximum absolute atomic E-state index is 8.66. The number of aryl methyl sites for hydroxylation is 1. The zero-order chi connectivity index (χ0) is 19.2. The summed E-state index contributed by atoms with van der Waals surface area (Å²) >= 11 is 6.12. The van der Waals surface area contributed by atoms with Gasteiger partial charge >= 0.3 is 0 Å². The van der Waals surface area contributed by atoms with E-state index in [2.05, 4.69) is 21.4 Å². The SMILES string of the molecule is COc1cc2ncnc(Nc3cc(Cl)ccc3C)c2cc1OCCCC#N. The fourth-order valence-electron chi connectivity index (χ4n) is 2.63. The van der Waals surface area contributed by atoms with Crippen molar-refractivity contribution < 1.29 is 9.47 Å². The Hall–Kier alpha value is -3.04. The van der Waals surface area contributed by atoms with Crippen molar-refractivity contribution in [1.29, 1.82) is 5.26 Å². The van der Waals surface area contributed by atoms with E-state index in [0.717, 1.165) is 22.2 Å². The van der Waals surface area contributed by atoms with Crippen LogP contribution in [0.5, 0.6) is 11.5 Å². The molecule has 0 atom stereocenters. The average Bonchev–Trinajstić information content (AvgIpc) is 2.68. The van der Waals surface area contributed by atoms with E-state index < -0.39 is 0 Å². The summed E-state index contributed by atoms with van der Waals surface area (Å²) in [5.41, 5.74) is 2.65. The molecule has 3 rings (SSSR count). The molecule has 6 nitrogen and oxygen atoms in total. The summed E-state index contributed by atoms with van der Waals surface area (Å²) in [6, 6.07) is 11.4. The van der Waals surface area contributed by atoms with Crippen LogP contribution < -0.4 is 14.8 Å². The molecule has 0 spiro atoms. The Balaban J connectivity index is 1.98. The van der Waals surface area contributed by atoms with E-state index in [1.807, 2.05) is 37.3 Å². The van der Waals surface area contributed by atoms with Gasteiger partial charge in [-0.3, -0.25) is 0 Å². The Morgan fingerprint density at radius 1 is 1.19 bits per heavy atom. The fourth-order valence-corrected chi connectivity index (χ4v) is 2.80. The molecule has 0 aliphatic carbocycles. The first kappa shape index (κ1) is 18.7. The lowest BCUT2D eigenvalue weighted by Crippen LogP contribution is -2.01. The van der Waals surface area contributed by atoms with Gasteiger partial charge in [-0.25, -0.2) is 9.97 Å². The lowest BCUT2D eigenvalue weighted by Gasteiger charge is -2.14. The van der Waals surface area contributed by atoms with Crippen molar-refractivity contribution in [3.8, 4) is 17.6 Å². The minimum absolute atomic E-state index is 0.430. The highest BCUT2D eigenvalue weighted by Crippen LogP contribution is 2.35. The Morgan fingerprint density at radius 2 is 2.04 bits per heavy atom. The second-order valence-corrected chi connectivity index (χ2v) is 6.37. The van der Waals surface area contributed by atoms with Crippen LogP contribution >= 0.6 is 11.6 Å². The van der Waals surface area contributed by atoms with Crippen molar-refractivity contribution in [2.45, 2.75) is 19.8 Å². The molecule has 1 N–H and O–H groups in total. The molecule has 0 fully saturated rings. The summed E-state index contributed by atoms with van der Waals surface area (Å²) < 4.78 is 11.2. The highest BCUT2D eigenvalue weighted by Gasteiger charge is 2.12. The van der Waals surface area contributed by atoms with Crippen molar-refractivity contribution >= 4 is 34.0 Å². The average molecular weight is 383 g/mol. The molecule has 7 heteroatoms. The molecule has 3 aromatic rings. The highest BCUT2D eigenvalue weighted by molar-refractivity contribution is 6.30. The van der Waals surface area contributed by atoms with Crippen LogP contribution in [-0.2, 0) is 0 Å². The Kier molecular flexibility index (Phi) is 5.94. The zero-order valence-electron chi connectivity index (χ0n) is 15.1. The van der Waals surface area contributed by atoms with Gasteiger partial charge in [0.05, 0.1) is 25.3 Å². The molecule has 1 heterocycles. The number of rotatable bonds is 7. The maximum atomic E-state index is 8.66. The van der Waals surface area contributed by atoms with Gasteiger partial charge in [0, 0.05) is 28.6 Å². The van der Waals surface area contributed by atoms with Crippen LogP contribution in [0, 0.1) is 18.3 Å². The number of aromatic nitrogens is 2. The van der Waals surface area contributed by atoms with Gasteiger partial charge in [-0.05, 0) is 37.1 Å². The van der Waals surface area contributed by atoms with E-state index in [4.69, 9.17) is 26.3 Å². The van der Waals surface area contributed by atoms with Gasteiger partial charge < -0.3 is 14.8 Å². The van der Waals surface area contributed by atoms with Gasteiger partial charge in [-0.15, -0.1) is 0 Å². The first-order chi connectivity index (χ1) is 13.1. The molecule has 0 saturated carbocycles. The highest BCUT2D eigenvalue weighted by atomic mass is 35.5. The summed E-state index contributed by atoms with van der Waals surface area (Å²) in [6.07, 6.45) is 2.59. The summed E-state index contributed by atoms with van der Waals surface area (Å²) in [6.45, 7) is 2.42. The van der Waals surface area contributed by atoms with Crippen LogP contribution in [0.2, 0.25) is 5.02 Å². The topological polar surface area (TPSA) is 80.1 Å². The number of unbranched alkanes of at least 4 members (excludes halogenated alkanes) is 1. The molecule has 0 radical (unpaired) electrons. The summed E-state index contributed by atoms with van der Waals surface area (Å²) in [7, 11) is 1.58. The Bertz CT molecular complexity index is 1000. The van der Waals surface area contributed by atoms with E-state index >= 15 is 0 Å². The minimum Gasteiger partial charge on any atom is -0.493 e. The molecule has 0 aliphatic heterocycles. The summed E-state index contributed by atoms with van der Waals surface area (Å²) in [5.74, 6) is 1.82. The number of halogens is 1. The van der Waals surface area contributed by atoms with Crippen LogP contribution in [0.4, 0.5) is 11.5 Å². The quantitative estimate of drug-likeness (QED) is 0.577. The zero-order valence-corrected chi connectivity index (χ0v) is 15.9. The van der Waals surface area contributed by atoms with Gasteiger partial charge in [0.15, 0.2) is 11.5 Å². The first-order valence-corrected chi connectivity index (χ1v) is 8.86. The van der Waals surface area contributed by atoms with E-state index in [-0.39, 0.29) is 0 Å². The van der Waals surface area contributed by atoms with Crippen molar-refractivity contribution in [1.82, 2.24) is 9.97 Å². The van der Waals surface area contributed by atoms with Crippen molar-refractivity contribution in [2.24, 2.45) is 0 Å². The predicted molar refractivity (Wildman–Crippen MR) is 106 cm³/mol. The Labute approximate surface area is 162 Å². The predicted octanol–water partition coefficient (Wildman–Crippen LogP) is 5.03. The van der Waals surface area contributed by atoms with E-state index in [9.17, 15) is 0 Å². The van der Waals surface area contributed by atoms with Crippen molar-refractivity contribution in [3.05, 3.63) is 47.2 Å². The molecule has 2 aromatic carbocycles. The summed E-state index contributed by atoms with van der Waals surface area (Å²) in [4.78, 5) is 8.70. The molecule has 0 bridgehead atoms. The van der Waals surface area contributed by atoms with Gasteiger partial charge in [0.2, 0.25) is 0 Å². The molecule has 0 saturated heterocycles. The number of nitrogens with one attached hydrogen (secondary N) is 1. The number of hydrogen-bond acceptors (Lipinski definition) is 6. The first-order valence-electron chi connectivity index (χ1n) is 8.48. The molecule has 0 aliphatic rings.